The van der Waals surface area contributed by atoms with Gasteiger partial charge < -0.3 is 5.32 Å². The lowest BCUT2D eigenvalue weighted by Crippen LogP contribution is -2.43. The van der Waals surface area contributed by atoms with Gasteiger partial charge in [0.25, 0.3) is 0 Å². The van der Waals surface area contributed by atoms with E-state index in [0.717, 1.165) is 12.7 Å². The smallest absolute Gasteiger partial charge is 0.243 e. The van der Waals surface area contributed by atoms with Crippen LogP contribution in [0.4, 0.5) is 5.69 Å². The van der Waals surface area contributed by atoms with E-state index in [4.69, 9.17) is 0 Å². The molecule has 3 rings (SSSR count). The highest BCUT2D eigenvalue weighted by Gasteiger charge is 2.32. The number of carbonyl (C=O) groups excluding carboxylic acids is 1. The first-order valence-corrected chi connectivity index (χ1v) is 13.6. The topological polar surface area (TPSA) is 104 Å². The molecule has 3 atom stereocenters. The van der Waals surface area contributed by atoms with Crippen LogP contribution in [-0.2, 0) is 24.8 Å². The van der Waals surface area contributed by atoms with Gasteiger partial charge in [0.05, 0.1) is 17.1 Å². The fraction of sp³-hybridized carbons (Fsp3) is 0.650. The SMILES string of the molecule is CC1CC(C)CN(S(=O)(=O)c2ccc(NC(=O)C3CCCN(S(C)(=O)=O)C3)cc2)C1. The number of nitrogens with zero attached hydrogens (tertiary/aromatic N) is 2. The van der Waals surface area contributed by atoms with E-state index in [-0.39, 0.29) is 17.3 Å². The maximum atomic E-state index is 13.0. The number of nitrogens with one attached hydrogen (secondary N) is 1. The van der Waals surface area contributed by atoms with Crippen molar-refractivity contribution in [2.45, 2.75) is 38.0 Å². The molecule has 0 saturated carbocycles. The molecule has 2 aliphatic rings. The molecular formula is C20H31N3O5S2. The van der Waals surface area contributed by atoms with Gasteiger partial charge in [0.1, 0.15) is 0 Å². The van der Waals surface area contributed by atoms with Gasteiger partial charge in [0, 0.05) is 31.9 Å². The Balaban J connectivity index is 1.66. The summed E-state index contributed by atoms with van der Waals surface area (Å²) in [7, 11) is -6.89. The lowest BCUT2D eigenvalue weighted by Gasteiger charge is -2.34. The molecule has 1 aromatic carbocycles. The van der Waals surface area contributed by atoms with Crippen LogP contribution >= 0.6 is 0 Å². The van der Waals surface area contributed by atoms with Crippen LogP contribution < -0.4 is 5.32 Å². The second-order valence-electron chi connectivity index (χ2n) is 8.74. The molecule has 0 bridgehead atoms. The largest absolute Gasteiger partial charge is 0.326 e. The molecule has 2 saturated heterocycles. The maximum absolute atomic E-state index is 13.0. The van der Waals surface area contributed by atoms with Crippen molar-refractivity contribution in [3.8, 4) is 0 Å². The summed E-state index contributed by atoms with van der Waals surface area (Å²) >= 11 is 0. The van der Waals surface area contributed by atoms with Gasteiger partial charge in [0.2, 0.25) is 26.0 Å². The molecule has 0 spiro atoms. The zero-order valence-electron chi connectivity index (χ0n) is 17.7. The average Bonchev–Trinajstić information content (AvgIpc) is 2.67. The van der Waals surface area contributed by atoms with Gasteiger partial charge in [-0.25, -0.2) is 21.1 Å². The molecule has 2 fully saturated rings. The number of hydrogen-bond acceptors (Lipinski definition) is 5. The Kier molecular flexibility index (Phi) is 6.91. The summed E-state index contributed by atoms with van der Waals surface area (Å²) < 4.78 is 52.3. The summed E-state index contributed by atoms with van der Waals surface area (Å²) in [5.41, 5.74) is 0.496. The first kappa shape index (κ1) is 23.2. The van der Waals surface area contributed by atoms with Crippen molar-refractivity contribution in [2.24, 2.45) is 17.8 Å². The van der Waals surface area contributed by atoms with Gasteiger partial charge in [-0.3, -0.25) is 4.79 Å². The number of amides is 1. The third kappa shape index (κ3) is 5.40. The highest BCUT2D eigenvalue weighted by atomic mass is 32.2. The van der Waals surface area contributed by atoms with Crippen molar-refractivity contribution in [3.05, 3.63) is 24.3 Å². The standard InChI is InChI=1S/C20H31N3O5S2/c1-15-11-16(2)13-23(12-15)30(27,28)19-8-6-18(7-9-19)21-20(24)17-5-4-10-22(14-17)29(3,25)26/h6-9,15-17H,4-5,10-14H2,1-3H3,(H,21,24). The molecule has 1 amide bonds. The quantitative estimate of drug-likeness (QED) is 0.728. The Morgan fingerprint density at radius 1 is 0.967 bits per heavy atom. The molecule has 10 heteroatoms. The molecule has 0 aromatic heterocycles. The van der Waals surface area contributed by atoms with Gasteiger partial charge in [-0.05, 0) is 55.4 Å². The van der Waals surface area contributed by atoms with Crippen LogP contribution in [0.3, 0.4) is 0 Å². The molecule has 1 N–H and O–H groups in total. The predicted molar refractivity (Wildman–Crippen MR) is 116 cm³/mol. The summed E-state index contributed by atoms with van der Waals surface area (Å²) in [4.78, 5) is 12.8. The molecule has 2 heterocycles. The zero-order valence-corrected chi connectivity index (χ0v) is 19.4. The van der Waals surface area contributed by atoms with Crippen LogP contribution in [0.5, 0.6) is 0 Å². The van der Waals surface area contributed by atoms with E-state index in [1.54, 1.807) is 16.4 Å². The highest BCUT2D eigenvalue weighted by molar-refractivity contribution is 7.89. The van der Waals surface area contributed by atoms with Gasteiger partial charge in [-0.15, -0.1) is 0 Å². The first-order chi connectivity index (χ1) is 14.0. The fourth-order valence-electron chi connectivity index (χ4n) is 4.36. The van der Waals surface area contributed by atoms with E-state index in [1.807, 2.05) is 0 Å². The molecule has 2 aliphatic heterocycles. The summed E-state index contributed by atoms with van der Waals surface area (Å²) in [5, 5.41) is 2.79. The number of anilines is 1. The van der Waals surface area contributed by atoms with E-state index in [9.17, 15) is 21.6 Å². The van der Waals surface area contributed by atoms with Crippen LogP contribution in [0.2, 0.25) is 0 Å². The lowest BCUT2D eigenvalue weighted by molar-refractivity contribution is -0.120. The van der Waals surface area contributed by atoms with Gasteiger partial charge >= 0.3 is 0 Å². The zero-order chi connectivity index (χ0) is 22.1. The number of hydrogen-bond donors (Lipinski definition) is 1. The van der Waals surface area contributed by atoms with Crippen molar-refractivity contribution in [2.75, 3.05) is 37.8 Å². The summed E-state index contributed by atoms with van der Waals surface area (Å²) in [6.45, 7) is 5.76. The molecule has 30 heavy (non-hydrogen) atoms. The highest BCUT2D eigenvalue weighted by Crippen LogP contribution is 2.27. The minimum atomic E-state index is -3.57. The van der Waals surface area contributed by atoms with E-state index in [2.05, 4.69) is 19.2 Å². The number of sulfonamides is 2. The van der Waals surface area contributed by atoms with Gasteiger partial charge in [0.15, 0.2) is 0 Å². The number of piperidine rings is 2. The number of rotatable bonds is 5. The predicted octanol–water partition coefficient (Wildman–Crippen LogP) is 1.96. The number of carbonyl (C=O) groups is 1. The minimum absolute atomic E-state index is 0.169. The summed E-state index contributed by atoms with van der Waals surface area (Å²) in [5.74, 6) is -0.0287. The van der Waals surface area contributed by atoms with Gasteiger partial charge in [-0.2, -0.15) is 4.31 Å². The second-order valence-corrected chi connectivity index (χ2v) is 12.7. The molecule has 8 nitrogen and oxygen atoms in total. The van der Waals surface area contributed by atoms with Crippen molar-refractivity contribution in [1.82, 2.24) is 8.61 Å². The van der Waals surface area contributed by atoms with Crippen LogP contribution in [0, 0.1) is 17.8 Å². The van der Waals surface area contributed by atoms with Crippen molar-refractivity contribution < 1.29 is 21.6 Å². The molecular weight excluding hydrogens is 426 g/mol. The summed E-state index contributed by atoms with van der Waals surface area (Å²) in [6, 6.07) is 6.19. The Bertz CT molecular complexity index is 966. The Morgan fingerprint density at radius 2 is 1.57 bits per heavy atom. The lowest BCUT2D eigenvalue weighted by atomic mass is 9.94. The van der Waals surface area contributed by atoms with Crippen LogP contribution in [0.15, 0.2) is 29.2 Å². The van der Waals surface area contributed by atoms with Gasteiger partial charge in [-0.1, -0.05) is 13.8 Å². The maximum Gasteiger partial charge on any atom is 0.243 e. The van der Waals surface area contributed by atoms with Crippen molar-refractivity contribution in [3.63, 3.8) is 0 Å². The average molecular weight is 458 g/mol. The molecule has 0 aliphatic carbocycles. The third-order valence-corrected chi connectivity index (χ3v) is 8.93. The van der Waals surface area contributed by atoms with Crippen molar-refractivity contribution in [1.29, 1.82) is 0 Å². The van der Waals surface area contributed by atoms with Crippen molar-refractivity contribution >= 4 is 31.6 Å². The molecule has 168 valence electrons. The fourth-order valence-corrected chi connectivity index (χ4v) is 6.95. The van der Waals surface area contributed by atoms with Crippen LogP contribution in [0.25, 0.3) is 0 Å². The number of benzene rings is 1. The van der Waals surface area contributed by atoms with E-state index >= 15 is 0 Å². The molecule has 3 unspecified atom stereocenters. The van der Waals surface area contributed by atoms with E-state index in [0.29, 0.717) is 50.0 Å². The van der Waals surface area contributed by atoms with Crippen LogP contribution in [0.1, 0.15) is 33.1 Å². The second kappa shape index (κ2) is 8.94. The Morgan fingerprint density at radius 3 is 2.13 bits per heavy atom. The summed E-state index contributed by atoms with van der Waals surface area (Å²) in [6.07, 6.45) is 3.43. The van der Waals surface area contributed by atoms with E-state index < -0.39 is 26.0 Å². The first-order valence-electron chi connectivity index (χ1n) is 10.3. The van der Waals surface area contributed by atoms with E-state index in [1.165, 1.54) is 16.4 Å². The third-order valence-electron chi connectivity index (χ3n) is 5.82. The molecule has 1 aromatic rings. The Hall–Kier alpha value is -1.49. The molecule has 0 radical (unpaired) electrons. The monoisotopic (exact) mass is 457 g/mol. The normalized spacial score (nSPS) is 27.0. The minimum Gasteiger partial charge on any atom is -0.326 e. The van der Waals surface area contributed by atoms with Crippen LogP contribution in [-0.4, -0.2) is 63.8 Å². The Labute approximate surface area is 179 Å².